The number of hydrogen-bond acceptors (Lipinski definition) is 8. The first-order valence-electron chi connectivity index (χ1n) is 11.3. The molecule has 178 valence electrons. The molecule has 0 fully saturated rings. The summed E-state index contributed by atoms with van der Waals surface area (Å²) < 4.78 is 12.9. The first-order chi connectivity index (χ1) is 17.7. The molecule has 0 saturated carbocycles. The molecule has 0 spiro atoms. The quantitative estimate of drug-likeness (QED) is 0.273. The van der Waals surface area contributed by atoms with Gasteiger partial charge in [-0.05, 0) is 41.5 Å². The number of methoxy groups -OCH3 is 1. The van der Waals surface area contributed by atoms with Gasteiger partial charge < -0.3 is 19.4 Å². The molecule has 2 aromatic heterocycles. The molecular formula is C27H21N5O4. The SMILES string of the molecule is COc1ccc(/C=N\OCc2nc3c4c(ncn3n2)Oc2cc(O)ccc2C4c2ccccc2)cc1. The van der Waals surface area contributed by atoms with Crippen LogP contribution in [0.3, 0.4) is 0 Å². The number of aromatic nitrogens is 4. The zero-order valence-electron chi connectivity index (χ0n) is 19.3. The minimum absolute atomic E-state index is 0.0877. The van der Waals surface area contributed by atoms with Crippen LogP contribution in [0.4, 0.5) is 0 Å². The first kappa shape index (κ1) is 21.6. The van der Waals surface area contributed by atoms with Crippen LogP contribution >= 0.6 is 0 Å². The maximum atomic E-state index is 10.0. The van der Waals surface area contributed by atoms with Gasteiger partial charge in [0.25, 0.3) is 0 Å². The van der Waals surface area contributed by atoms with Crippen LogP contribution in [-0.4, -0.2) is 38.0 Å². The first-order valence-corrected chi connectivity index (χ1v) is 11.3. The van der Waals surface area contributed by atoms with Gasteiger partial charge in [-0.15, -0.1) is 5.10 Å². The largest absolute Gasteiger partial charge is 0.508 e. The molecule has 6 rings (SSSR count). The Kier molecular flexibility index (Phi) is 5.42. The third-order valence-electron chi connectivity index (χ3n) is 5.95. The number of rotatable bonds is 6. The van der Waals surface area contributed by atoms with Crippen molar-refractivity contribution in [2.75, 3.05) is 7.11 Å². The lowest BCUT2D eigenvalue weighted by atomic mass is 9.84. The van der Waals surface area contributed by atoms with Gasteiger partial charge in [0.05, 0.1) is 18.9 Å². The average Bonchev–Trinajstić information content (AvgIpc) is 3.34. The minimum atomic E-state index is -0.201. The van der Waals surface area contributed by atoms with Crippen LogP contribution in [0.25, 0.3) is 5.65 Å². The lowest BCUT2D eigenvalue weighted by Crippen LogP contribution is -2.14. The van der Waals surface area contributed by atoms with Crippen LogP contribution < -0.4 is 9.47 Å². The van der Waals surface area contributed by atoms with Crippen molar-refractivity contribution in [3.63, 3.8) is 0 Å². The lowest BCUT2D eigenvalue weighted by Gasteiger charge is -2.27. The molecule has 9 heteroatoms. The van der Waals surface area contributed by atoms with E-state index in [4.69, 9.17) is 19.3 Å². The normalized spacial score (nSPS) is 14.3. The van der Waals surface area contributed by atoms with Crippen molar-refractivity contribution in [3.05, 3.63) is 107 Å². The summed E-state index contributed by atoms with van der Waals surface area (Å²) in [6.07, 6.45) is 3.17. The molecule has 36 heavy (non-hydrogen) atoms. The number of aromatic hydroxyl groups is 1. The third kappa shape index (κ3) is 3.96. The molecule has 5 aromatic rings. The van der Waals surface area contributed by atoms with Crippen molar-refractivity contribution in [2.24, 2.45) is 5.16 Å². The molecule has 1 aliphatic rings. The van der Waals surface area contributed by atoms with Crippen LogP contribution in [0.1, 0.15) is 34.0 Å². The van der Waals surface area contributed by atoms with E-state index in [1.807, 2.05) is 60.7 Å². The second-order valence-corrected chi connectivity index (χ2v) is 8.21. The van der Waals surface area contributed by atoms with E-state index in [0.717, 1.165) is 28.0 Å². The van der Waals surface area contributed by atoms with Crippen molar-refractivity contribution < 1.29 is 19.4 Å². The standard InChI is InChI=1S/C27H21N5O4/c1-34-20-10-7-17(8-11-20)14-29-35-15-23-30-26-25-24(18-5-3-2-4-6-18)21-12-9-19(33)13-22(21)36-27(25)28-16-32(26)31-23/h2-14,16,24,33H,15H2,1H3/b29-14-. The van der Waals surface area contributed by atoms with E-state index in [1.165, 1.54) is 0 Å². The van der Waals surface area contributed by atoms with Crippen LogP contribution in [-0.2, 0) is 11.4 Å². The maximum Gasteiger partial charge on any atom is 0.228 e. The van der Waals surface area contributed by atoms with E-state index in [1.54, 1.807) is 36.3 Å². The Morgan fingerprint density at radius 3 is 2.72 bits per heavy atom. The number of phenols is 1. The fraction of sp³-hybridized carbons (Fsp3) is 0.111. The highest BCUT2D eigenvalue weighted by atomic mass is 16.6. The second kappa shape index (κ2) is 9.03. The van der Waals surface area contributed by atoms with E-state index in [9.17, 15) is 5.11 Å². The summed E-state index contributed by atoms with van der Waals surface area (Å²) >= 11 is 0. The van der Waals surface area contributed by atoms with Gasteiger partial charge in [0.2, 0.25) is 5.88 Å². The molecule has 0 amide bonds. The summed E-state index contributed by atoms with van der Waals surface area (Å²) in [7, 11) is 1.62. The Hall–Kier alpha value is -4.92. The molecule has 0 radical (unpaired) electrons. The Balaban J connectivity index is 1.32. The molecule has 1 unspecified atom stereocenters. The number of oxime groups is 1. The van der Waals surface area contributed by atoms with Crippen LogP contribution in [0.2, 0.25) is 0 Å². The van der Waals surface area contributed by atoms with Gasteiger partial charge in [0, 0.05) is 17.5 Å². The number of nitrogens with zero attached hydrogens (tertiary/aromatic N) is 5. The van der Waals surface area contributed by atoms with Gasteiger partial charge in [0.1, 0.15) is 23.6 Å². The summed E-state index contributed by atoms with van der Waals surface area (Å²) in [4.78, 5) is 14.7. The zero-order chi connectivity index (χ0) is 24.5. The Morgan fingerprint density at radius 1 is 1.08 bits per heavy atom. The highest BCUT2D eigenvalue weighted by Gasteiger charge is 2.33. The van der Waals surface area contributed by atoms with Crippen molar-refractivity contribution in [2.45, 2.75) is 12.5 Å². The predicted octanol–water partition coefficient (Wildman–Crippen LogP) is 4.68. The molecule has 1 atom stereocenters. The summed E-state index contributed by atoms with van der Waals surface area (Å²) in [6.45, 7) is 0.0877. The fourth-order valence-corrected chi connectivity index (χ4v) is 4.28. The number of benzene rings is 3. The number of ether oxygens (including phenoxy) is 2. The summed E-state index contributed by atoms with van der Waals surface area (Å²) in [5.74, 6) is 2.14. The van der Waals surface area contributed by atoms with Gasteiger partial charge >= 0.3 is 0 Å². The maximum absolute atomic E-state index is 10.0. The van der Waals surface area contributed by atoms with E-state index >= 15 is 0 Å². The van der Waals surface area contributed by atoms with E-state index < -0.39 is 0 Å². The number of hydrogen-bond donors (Lipinski definition) is 1. The Labute approximate surface area is 206 Å². The fourth-order valence-electron chi connectivity index (χ4n) is 4.28. The number of phenolic OH excluding ortho intramolecular Hbond substituents is 1. The topological polar surface area (TPSA) is 103 Å². The minimum Gasteiger partial charge on any atom is -0.508 e. The van der Waals surface area contributed by atoms with Crippen molar-refractivity contribution in [1.82, 2.24) is 19.6 Å². The second-order valence-electron chi connectivity index (χ2n) is 8.21. The molecular weight excluding hydrogens is 458 g/mol. The monoisotopic (exact) mass is 479 g/mol. The summed E-state index contributed by atoms with van der Waals surface area (Å²) in [5, 5.41) is 18.6. The zero-order valence-corrected chi connectivity index (χ0v) is 19.3. The predicted molar refractivity (Wildman–Crippen MR) is 132 cm³/mol. The van der Waals surface area contributed by atoms with Gasteiger partial charge in [-0.1, -0.05) is 41.6 Å². The van der Waals surface area contributed by atoms with Crippen LogP contribution in [0.15, 0.2) is 84.3 Å². The molecule has 1 N–H and O–H groups in total. The summed E-state index contributed by atoms with van der Waals surface area (Å²) in [6, 6.07) is 22.6. The van der Waals surface area contributed by atoms with Crippen LogP contribution in [0.5, 0.6) is 23.1 Å². The Morgan fingerprint density at radius 2 is 1.92 bits per heavy atom. The van der Waals surface area contributed by atoms with Gasteiger partial charge in [-0.2, -0.15) is 0 Å². The van der Waals surface area contributed by atoms with Crippen molar-refractivity contribution >= 4 is 11.9 Å². The van der Waals surface area contributed by atoms with E-state index in [0.29, 0.717) is 23.1 Å². The molecule has 0 saturated heterocycles. The van der Waals surface area contributed by atoms with Gasteiger partial charge in [0.15, 0.2) is 18.1 Å². The molecule has 3 aromatic carbocycles. The lowest BCUT2D eigenvalue weighted by molar-refractivity contribution is 0.126. The molecule has 9 nitrogen and oxygen atoms in total. The number of fused-ring (bicyclic) bond motifs is 4. The molecule has 0 aliphatic carbocycles. The van der Waals surface area contributed by atoms with Crippen molar-refractivity contribution in [1.29, 1.82) is 0 Å². The van der Waals surface area contributed by atoms with Gasteiger partial charge in [-0.25, -0.2) is 14.5 Å². The third-order valence-corrected chi connectivity index (χ3v) is 5.95. The molecule has 0 bridgehead atoms. The summed E-state index contributed by atoms with van der Waals surface area (Å²) in [5.41, 5.74) is 4.25. The highest BCUT2D eigenvalue weighted by molar-refractivity contribution is 5.79. The van der Waals surface area contributed by atoms with Gasteiger partial charge in [-0.3, -0.25) is 0 Å². The average molecular weight is 479 g/mol. The molecule has 3 heterocycles. The molecule has 1 aliphatic heterocycles. The van der Waals surface area contributed by atoms with E-state index in [-0.39, 0.29) is 18.3 Å². The van der Waals surface area contributed by atoms with Crippen molar-refractivity contribution in [3.8, 4) is 23.1 Å². The Bertz CT molecular complexity index is 1570. The smallest absolute Gasteiger partial charge is 0.228 e. The van der Waals surface area contributed by atoms with E-state index in [2.05, 4.69) is 15.2 Å². The highest BCUT2D eigenvalue weighted by Crippen LogP contribution is 2.48. The van der Waals surface area contributed by atoms with Crippen LogP contribution in [0, 0.1) is 0 Å².